The van der Waals surface area contributed by atoms with Gasteiger partial charge in [0.25, 0.3) is 5.91 Å². The van der Waals surface area contributed by atoms with Crippen LogP contribution >= 0.6 is 22.7 Å². The molecule has 3 rings (SSSR count). The van der Waals surface area contributed by atoms with E-state index in [4.69, 9.17) is 9.47 Å². The van der Waals surface area contributed by atoms with Gasteiger partial charge >= 0.3 is 5.97 Å². The van der Waals surface area contributed by atoms with E-state index in [9.17, 15) is 9.59 Å². The third-order valence-electron chi connectivity index (χ3n) is 3.94. The Hall–Kier alpha value is -1.96. The molecule has 3 heterocycles. The lowest BCUT2D eigenvalue weighted by Crippen LogP contribution is -2.49. The zero-order valence-corrected chi connectivity index (χ0v) is 16.3. The van der Waals surface area contributed by atoms with E-state index in [1.54, 1.807) is 16.2 Å². The summed E-state index contributed by atoms with van der Waals surface area (Å²) in [6.07, 6.45) is 1.78. The largest absolute Gasteiger partial charge is 0.452 e. The Bertz CT molecular complexity index is 758. The third-order valence-corrected chi connectivity index (χ3v) is 5.66. The van der Waals surface area contributed by atoms with E-state index in [0.717, 1.165) is 9.75 Å². The van der Waals surface area contributed by atoms with Gasteiger partial charge in [-0.05, 0) is 42.8 Å². The summed E-state index contributed by atoms with van der Waals surface area (Å²) in [6, 6.07) is 7.63. The molecule has 2 aromatic heterocycles. The number of amides is 1. The third kappa shape index (κ3) is 4.81. The summed E-state index contributed by atoms with van der Waals surface area (Å²) in [5.74, 6) is -0.675. The number of esters is 1. The first-order valence-corrected chi connectivity index (χ1v) is 10.2. The summed E-state index contributed by atoms with van der Waals surface area (Å²) in [4.78, 5) is 28.5. The zero-order chi connectivity index (χ0) is 18.5. The predicted molar refractivity (Wildman–Crippen MR) is 104 cm³/mol. The lowest BCUT2D eigenvalue weighted by atomic mass is 10.2. The van der Waals surface area contributed by atoms with Gasteiger partial charge in [0.15, 0.2) is 6.61 Å². The molecule has 0 radical (unpaired) electrons. The van der Waals surface area contributed by atoms with Crippen molar-refractivity contribution in [1.29, 1.82) is 0 Å². The number of hydrogen-bond acceptors (Lipinski definition) is 6. The fraction of sp³-hybridized carbons (Fsp3) is 0.368. The number of rotatable bonds is 5. The first kappa shape index (κ1) is 18.8. The lowest BCUT2D eigenvalue weighted by molar-refractivity contribution is -0.154. The Morgan fingerprint density at radius 2 is 1.88 bits per heavy atom. The molecule has 5 nitrogen and oxygen atoms in total. The number of carbonyl (C=O) groups is 2. The second-order valence-corrected chi connectivity index (χ2v) is 8.11. The van der Waals surface area contributed by atoms with Crippen molar-refractivity contribution < 1.29 is 19.1 Å². The SMILES string of the molecule is C[C@H]1CN(C(=O)COC(=O)/C(=C/c2cccs2)c2cccs2)C[C@H](C)O1. The van der Waals surface area contributed by atoms with E-state index < -0.39 is 5.97 Å². The van der Waals surface area contributed by atoms with E-state index in [0.29, 0.717) is 18.7 Å². The summed E-state index contributed by atoms with van der Waals surface area (Å²) < 4.78 is 11.0. The molecular weight excluding hydrogens is 370 g/mol. The fourth-order valence-corrected chi connectivity index (χ4v) is 4.24. The van der Waals surface area contributed by atoms with Crippen molar-refractivity contribution >= 4 is 46.2 Å². The quantitative estimate of drug-likeness (QED) is 0.578. The molecule has 1 aliphatic heterocycles. The van der Waals surface area contributed by atoms with Crippen LogP contribution in [0.2, 0.25) is 0 Å². The molecule has 0 unspecified atom stereocenters. The Kier molecular flexibility index (Phi) is 6.24. The van der Waals surface area contributed by atoms with Crippen molar-refractivity contribution in [3.05, 3.63) is 44.8 Å². The molecule has 1 aliphatic rings. The van der Waals surface area contributed by atoms with Crippen LogP contribution in [0.4, 0.5) is 0 Å². The monoisotopic (exact) mass is 391 g/mol. The molecule has 1 amide bonds. The Morgan fingerprint density at radius 3 is 2.50 bits per heavy atom. The molecule has 1 fully saturated rings. The normalized spacial score (nSPS) is 20.8. The van der Waals surface area contributed by atoms with Gasteiger partial charge in [-0.25, -0.2) is 4.79 Å². The zero-order valence-electron chi connectivity index (χ0n) is 14.7. The average molecular weight is 392 g/mol. The smallest absolute Gasteiger partial charge is 0.340 e. The number of morpholine rings is 1. The van der Waals surface area contributed by atoms with Crippen molar-refractivity contribution in [2.24, 2.45) is 0 Å². The number of thiophene rings is 2. The molecular formula is C19H21NO4S2. The van der Waals surface area contributed by atoms with Crippen molar-refractivity contribution in [1.82, 2.24) is 4.90 Å². The van der Waals surface area contributed by atoms with Crippen molar-refractivity contribution in [3.8, 4) is 0 Å². The summed E-state index contributed by atoms with van der Waals surface area (Å²) in [5, 5.41) is 3.86. The molecule has 2 atom stereocenters. The highest BCUT2D eigenvalue weighted by Crippen LogP contribution is 2.26. The van der Waals surface area contributed by atoms with Crippen LogP contribution in [0.25, 0.3) is 11.6 Å². The minimum atomic E-state index is -0.483. The van der Waals surface area contributed by atoms with Crippen LogP contribution in [0.3, 0.4) is 0 Å². The summed E-state index contributed by atoms with van der Waals surface area (Å²) in [5.41, 5.74) is 0.471. The van der Waals surface area contributed by atoms with Gasteiger partial charge < -0.3 is 14.4 Å². The van der Waals surface area contributed by atoms with Crippen molar-refractivity contribution in [3.63, 3.8) is 0 Å². The maximum atomic E-state index is 12.6. The molecule has 7 heteroatoms. The van der Waals surface area contributed by atoms with Crippen LogP contribution in [0, 0.1) is 0 Å². The number of hydrogen-bond donors (Lipinski definition) is 0. The molecule has 0 N–H and O–H groups in total. The first-order valence-electron chi connectivity index (χ1n) is 8.42. The average Bonchev–Trinajstić information content (AvgIpc) is 3.29. The van der Waals surface area contributed by atoms with E-state index in [-0.39, 0.29) is 24.7 Å². The predicted octanol–water partition coefficient (Wildman–Crippen LogP) is 3.53. The van der Waals surface area contributed by atoms with Crippen LogP contribution in [0.5, 0.6) is 0 Å². The van der Waals surface area contributed by atoms with Gasteiger partial charge in [0.1, 0.15) is 0 Å². The van der Waals surface area contributed by atoms with Gasteiger partial charge in [-0.2, -0.15) is 0 Å². The minimum Gasteiger partial charge on any atom is -0.452 e. The van der Waals surface area contributed by atoms with Gasteiger partial charge in [-0.3, -0.25) is 4.79 Å². The fourth-order valence-electron chi connectivity index (χ4n) is 2.86. The number of ether oxygens (including phenoxy) is 2. The Labute approximate surface area is 160 Å². The summed E-state index contributed by atoms with van der Waals surface area (Å²) in [6.45, 7) is 4.64. The van der Waals surface area contributed by atoms with E-state index in [1.807, 2.05) is 54.9 Å². The molecule has 0 saturated carbocycles. The van der Waals surface area contributed by atoms with Crippen LogP contribution in [-0.2, 0) is 19.1 Å². The standard InChI is InChI=1S/C19H21NO4S2/c1-13-10-20(11-14(2)24-13)18(21)12-23-19(22)16(17-6-4-8-26-17)9-15-5-3-7-25-15/h3-9,13-14H,10-12H2,1-2H3/b16-9+/t13-,14-/m0/s1. The van der Waals surface area contributed by atoms with Gasteiger partial charge in [0.05, 0.1) is 17.8 Å². The Morgan fingerprint density at radius 1 is 1.19 bits per heavy atom. The van der Waals surface area contributed by atoms with E-state index in [1.165, 1.54) is 11.3 Å². The molecule has 0 spiro atoms. The number of carbonyl (C=O) groups excluding carboxylic acids is 2. The maximum absolute atomic E-state index is 12.6. The highest BCUT2D eigenvalue weighted by atomic mass is 32.1. The minimum absolute atomic E-state index is 0.0150. The van der Waals surface area contributed by atoms with Crippen LogP contribution in [0.15, 0.2) is 35.0 Å². The lowest BCUT2D eigenvalue weighted by Gasteiger charge is -2.35. The van der Waals surface area contributed by atoms with Gasteiger partial charge in [0, 0.05) is 22.8 Å². The molecule has 1 saturated heterocycles. The van der Waals surface area contributed by atoms with Crippen molar-refractivity contribution in [2.45, 2.75) is 26.1 Å². The number of nitrogens with zero attached hydrogens (tertiary/aromatic N) is 1. The van der Waals surface area contributed by atoms with Crippen LogP contribution < -0.4 is 0 Å². The summed E-state index contributed by atoms with van der Waals surface area (Å²) in [7, 11) is 0. The molecule has 0 aliphatic carbocycles. The maximum Gasteiger partial charge on any atom is 0.340 e. The van der Waals surface area contributed by atoms with E-state index >= 15 is 0 Å². The second kappa shape index (κ2) is 8.62. The highest BCUT2D eigenvalue weighted by Gasteiger charge is 2.27. The molecule has 138 valence electrons. The second-order valence-electron chi connectivity index (χ2n) is 6.18. The van der Waals surface area contributed by atoms with Gasteiger partial charge in [-0.1, -0.05) is 12.1 Å². The van der Waals surface area contributed by atoms with Crippen molar-refractivity contribution in [2.75, 3.05) is 19.7 Å². The Balaban J connectivity index is 1.66. The topological polar surface area (TPSA) is 55.8 Å². The molecule has 26 heavy (non-hydrogen) atoms. The molecule has 0 aromatic carbocycles. The highest BCUT2D eigenvalue weighted by molar-refractivity contribution is 7.12. The summed E-state index contributed by atoms with van der Waals surface area (Å²) >= 11 is 3.01. The van der Waals surface area contributed by atoms with Crippen LogP contribution in [-0.4, -0.2) is 48.7 Å². The van der Waals surface area contributed by atoms with E-state index in [2.05, 4.69) is 0 Å². The van der Waals surface area contributed by atoms with Crippen LogP contribution in [0.1, 0.15) is 23.6 Å². The van der Waals surface area contributed by atoms with Gasteiger partial charge in [0.2, 0.25) is 0 Å². The molecule has 2 aromatic rings. The van der Waals surface area contributed by atoms with Gasteiger partial charge in [-0.15, -0.1) is 22.7 Å². The first-order chi connectivity index (χ1) is 12.5. The molecule has 0 bridgehead atoms.